The summed E-state index contributed by atoms with van der Waals surface area (Å²) in [5.41, 5.74) is 0. The van der Waals surface area contributed by atoms with Gasteiger partial charge in [-0.05, 0) is 32.1 Å². The van der Waals surface area contributed by atoms with E-state index in [0.717, 1.165) is 12.8 Å². The minimum absolute atomic E-state index is 0.0146. The first-order valence-electron chi connectivity index (χ1n) is 9.21. The van der Waals surface area contributed by atoms with Gasteiger partial charge < -0.3 is 15.0 Å². The Balaban J connectivity index is 1.57. The molecule has 10 heteroatoms. The SMILES string of the molecule is Cc1nc(S(=O)(=O)N2CCC(C(=O)NC(CC3CC3)C(=O)O)CC2)cn1C. The minimum Gasteiger partial charge on any atom is -0.480 e. The lowest BCUT2D eigenvalue weighted by Crippen LogP contribution is -2.47. The number of aromatic nitrogens is 2. The number of carboxylic acid groups (broad SMARTS) is 1. The van der Waals surface area contributed by atoms with Crippen LogP contribution in [0.25, 0.3) is 0 Å². The Morgan fingerprint density at radius 1 is 1.30 bits per heavy atom. The maximum absolute atomic E-state index is 12.7. The molecule has 1 aliphatic carbocycles. The van der Waals surface area contributed by atoms with Crippen LogP contribution in [-0.2, 0) is 26.7 Å². The summed E-state index contributed by atoms with van der Waals surface area (Å²) < 4.78 is 28.4. The number of nitrogens with one attached hydrogen (secondary N) is 1. The highest BCUT2D eigenvalue weighted by molar-refractivity contribution is 7.89. The number of hydrogen-bond acceptors (Lipinski definition) is 5. The van der Waals surface area contributed by atoms with Crippen molar-refractivity contribution in [1.82, 2.24) is 19.2 Å². The summed E-state index contributed by atoms with van der Waals surface area (Å²) in [5.74, 6) is -0.684. The average Bonchev–Trinajstić information content (AvgIpc) is 3.37. The van der Waals surface area contributed by atoms with E-state index in [9.17, 15) is 23.1 Å². The Bertz CT molecular complexity index is 803. The van der Waals surface area contributed by atoms with Gasteiger partial charge in [-0.25, -0.2) is 18.2 Å². The normalized spacial score (nSPS) is 20.4. The molecule has 1 unspecified atom stereocenters. The molecule has 0 radical (unpaired) electrons. The Hall–Kier alpha value is -1.94. The number of aryl methyl sites for hydroxylation is 2. The van der Waals surface area contributed by atoms with Crippen molar-refractivity contribution in [3.63, 3.8) is 0 Å². The Kier molecular flexibility index (Phi) is 5.57. The molecule has 1 amide bonds. The number of aliphatic carboxylic acids is 1. The van der Waals surface area contributed by atoms with E-state index in [2.05, 4.69) is 10.3 Å². The van der Waals surface area contributed by atoms with Crippen molar-refractivity contribution in [3.8, 4) is 0 Å². The van der Waals surface area contributed by atoms with Crippen LogP contribution in [0.1, 0.15) is 37.9 Å². The van der Waals surface area contributed by atoms with E-state index in [0.29, 0.717) is 31.0 Å². The third kappa shape index (κ3) is 4.49. The van der Waals surface area contributed by atoms with E-state index in [1.54, 1.807) is 18.5 Å². The second kappa shape index (κ2) is 7.59. The number of carboxylic acids is 1. The zero-order valence-electron chi connectivity index (χ0n) is 15.6. The minimum atomic E-state index is -3.68. The van der Waals surface area contributed by atoms with Crippen molar-refractivity contribution < 1.29 is 23.1 Å². The average molecular weight is 398 g/mol. The fourth-order valence-electron chi connectivity index (χ4n) is 3.34. The van der Waals surface area contributed by atoms with Crippen LogP contribution in [0.5, 0.6) is 0 Å². The van der Waals surface area contributed by atoms with Crippen LogP contribution >= 0.6 is 0 Å². The molecule has 27 heavy (non-hydrogen) atoms. The van der Waals surface area contributed by atoms with Gasteiger partial charge in [-0.2, -0.15) is 4.31 Å². The lowest BCUT2D eigenvalue weighted by Gasteiger charge is -2.30. The van der Waals surface area contributed by atoms with Crippen LogP contribution in [0.2, 0.25) is 0 Å². The van der Waals surface area contributed by atoms with Gasteiger partial charge in [-0.3, -0.25) is 4.79 Å². The number of carbonyl (C=O) groups is 2. The second-order valence-corrected chi connectivity index (χ2v) is 9.38. The molecule has 1 saturated heterocycles. The summed E-state index contributed by atoms with van der Waals surface area (Å²) >= 11 is 0. The van der Waals surface area contributed by atoms with Gasteiger partial charge in [0.15, 0.2) is 5.03 Å². The predicted molar refractivity (Wildman–Crippen MR) is 96.3 cm³/mol. The number of imidazole rings is 1. The Morgan fingerprint density at radius 2 is 1.93 bits per heavy atom. The van der Waals surface area contributed by atoms with Crippen molar-refractivity contribution in [2.75, 3.05) is 13.1 Å². The number of amides is 1. The van der Waals surface area contributed by atoms with Gasteiger partial charge in [0.1, 0.15) is 11.9 Å². The molecule has 0 spiro atoms. The third-order valence-electron chi connectivity index (χ3n) is 5.40. The molecular weight excluding hydrogens is 372 g/mol. The van der Waals surface area contributed by atoms with Crippen molar-refractivity contribution in [2.45, 2.75) is 50.1 Å². The summed E-state index contributed by atoms with van der Waals surface area (Å²) in [6, 6.07) is -0.858. The summed E-state index contributed by atoms with van der Waals surface area (Å²) in [6.07, 6.45) is 4.72. The number of sulfonamides is 1. The molecule has 0 aromatic carbocycles. The molecule has 2 heterocycles. The molecule has 0 bridgehead atoms. The zero-order valence-corrected chi connectivity index (χ0v) is 16.4. The first-order chi connectivity index (χ1) is 12.7. The van der Waals surface area contributed by atoms with Crippen LogP contribution in [0, 0.1) is 18.8 Å². The smallest absolute Gasteiger partial charge is 0.326 e. The molecule has 150 valence electrons. The molecule has 1 aromatic rings. The molecule has 2 aliphatic rings. The van der Waals surface area contributed by atoms with Crippen molar-refractivity contribution in [2.24, 2.45) is 18.9 Å². The molecule has 2 fully saturated rings. The van der Waals surface area contributed by atoms with Gasteiger partial charge in [0.05, 0.1) is 0 Å². The monoisotopic (exact) mass is 398 g/mol. The number of piperidine rings is 1. The van der Waals surface area contributed by atoms with Gasteiger partial charge in [0, 0.05) is 32.3 Å². The van der Waals surface area contributed by atoms with E-state index >= 15 is 0 Å². The number of hydrogen-bond donors (Lipinski definition) is 2. The van der Waals surface area contributed by atoms with Crippen LogP contribution < -0.4 is 5.32 Å². The molecular formula is C17H26N4O5S. The summed E-state index contributed by atoms with van der Waals surface area (Å²) in [6.45, 7) is 2.17. The fraction of sp³-hybridized carbons (Fsp3) is 0.706. The van der Waals surface area contributed by atoms with Gasteiger partial charge >= 0.3 is 5.97 Å². The molecule has 3 rings (SSSR count). The maximum Gasteiger partial charge on any atom is 0.326 e. The van der Waals surface area contributed by atoms with Gasteiger partial charge in [0.2, 0.25) is 5.91 Å². The highest BCUT2D eigenvalue weighted by atomic mass is 32.2. The van der Waals surface area contributed by atoms with Crippen molar-refractivity contribution in [3.05, 3.63) is 12.0 Å². The molecule has 1 aliphatic heterocycles. The van der Waals surface area contributed by atoms with E-state index in [4.69, 9.17) is 0 Å². The van der Waals surface area contributed by atoms with Crippen LogP contribution in [0.15, 0.2) is 11.2 Å². The van der Waals surface area contributed by atoms with Gasteiger partial charge in [0.25, 0.3) is 10.0 Å². The number of carbonyl (C=O) groups excluding carboxylic acids is 1. The standard InChI is InChI=1S/C17H26N4O5S/c1-11-18-15(10-20(11)2)27(25,26)21-7-5-13(6-8-21)16(22)19-14(17(23)24)9-12-3-4-12/h10,12-14H,3-9H2,1-2H3,(H,19,22)(H,23,24). The highest BCUT2D eigenvalue weighted by Gasteiger charge is 2.36. The van der Waals surface area contributed by atoms with E-state index in [-0.39, 0.29) is 29.9 Å². The fourth-order valence-corrected chi connectivity index (χ4v) is 4.83. The summed E-state index contributed by atoms with van der Waals surface area (Å²) in [7, 11) is -1.95. The van der Waals surface area contributed by atoms with Crippen molar-refractivity contribution in [1.29, 1.82) is 0 Å². The Labute approximate surface area is 158 Å². The van der Waals surface area contributed by atoms with Crippen LogP contribution in [0.4, 0.5) is 0 Å². The molecule has 1 atom stereocenters. The number of rotatable bonds is 7. The third-order valence-corrected chi connectivity index (χ3v) is 7.17. The Morgan fingerprint density at radius 3 is 2.41 bits per heavy atom. The summed E-state index contributed by atoms with van der Waals surface area (Å²) in [5, 5.41) is 11.9. The van der Waals surface area contributed by atoms with Gasteiger partial charge in [-0.15, -0.1) is 0 Å². The summed E-state index contributed by atoms with van der Waals surface area (Å²) in [4.78, 5) is 27.9. The maximum atomic E-state index is 12.7. The largest absolute Gasteiger partial charge is 0.480 e. The first kappa shape index (κ1) is 19.8. The highest BCUT2D eigenvalue weighted by Crippen LogP contribution is 2.33. The van der Waals surface area contributed by atoms with Crippen LogP contribution in [0.3, 0.4) is 0 Å². The lowest BCUT2D eigenvalue weighted by molar-refractivity contribution is -0.143. The van der Waals surface area contributed by atoms with Crippen LogP contribution in [-0.4, -0.2) is 58.4 Å². The molecule has 2 N–H and O–H groups in total. The van der Waals surface area contributed by atoms with E-state index in [1.165, 1.54) is 10.5 Å². The second-order valence-electron chi connectivity index (χ2n) is 7.49. The quantitative estimate of drug-likeness (QED) is 0.690. The molecule has 1 saturated carbocycles. The molecule has 9 nitrogen and oxygen atoms in total. The zero-order chi connectivity index (χ0) is 19.8. The van der Waals surface area contributed by atoms with E-state index in [1.807, 2.05) is 0 Å². The molecule has 1 aromatic heterocycles. The first-order valence-corrected chi connectivity index (χ1v) is 10.7. The lowest BCUT2D eigenvalue weighted by atomic mass is 9.96. The van der Waals surface area contributed by atoms with Gasteiger partial charge in [-0.1, -0.05) is 12.8 Å². The number of nitrogens with zero attached hydrogens (tertiary/aromatic N) is 3. The van der Waals surface area contributed by atoms with Crippen molar-refractivity contribution >= 4 is 21.9 Å². The van der Waals surface area contributed by atoms with E-state index < -0.39 is 22.0 Å². The topological polar surface area (TPSA) is 122 Å². The predicted octanol–water partition coefficient (Wildman–Crippen LogP) is 0.499.